The molecule has 2 unspecified atom stereocenters. The van der Waals surface area contributed by atoms with Crippen molar-refractivity contribution in [3.63, 3.8) is 0 Å². The highest BCUT2D eigenvalue weighted by Crippen LogP contribution is 2.20. The molecule has 2 atom stereocenters. The van der Waals surface area contributed by atoms with E-state index in [1.54, 1.807) is 0 Å². The van der Waals surface area contributed by atoms with E-state index in [0.717, 1.165) is 12.0 Å². The number of nitrogens with one attached hydrogen (secondary N) is 1. The third kappa shape index (κ3) is 4.84. The van der Waals surface area contributed by atoms with E-state index in [-0.39, 0.29) is 0 Å². The van der Waals surface area contributed by atoms with Gasteiger partial charge in [-0.05, 0) is 51.7 Å². The zero-order valence-corrected chi connectivity index (χ0v) is 11.5. The van der Waals surface area contributed by atoms with E-state index in [9.17, 15) is 0 Å². The van der Waals surface area contributed by atoms with Crippen molar-refractivity contribution in [2.75, 3.05) is 26.2 Å². The number of rotatable bonds is 8. The normalized spacial score (nSPS) is 23.8. The molecular formula is C14H30N2. The molecule has 96 valence electrons. The van der Waals surface area contributed by atoms with Gasteiger partial charge in [0.05, 0.1) is 0 Å². The standard InChI is InChI=1S/C14H30N2/c1-4-6-7-13(3)16-10-8-14(12-16)11-15-9-5-2/h13-15H,4-12H2,1-3H3. The van der Waals surface area contributed by atoms with Crippen LogP contribution in [-0.2, 0) is 0 Å². The smallest absolute Gasteiger partial charge is 0.00670 e. The summed E-state index contributed by atoms with van der Waals surface area (Å²) in [5.41, 5.74) is 0. The van der Waals surface area contributed by atoms with Gasteiger partial charge in [-0.3, -0.25) is 0 Å². The summed E-state index contributed by atoms with van der Waals surface area (Å²) >= 11 is 0. The Morgan fingerprint density at radius 2 is 2.12 bits per heavy atom. The third-order valence-electron chi connectivity index (χ3n) is 3.78. The Labute approximate surface area is 102 Å². The van der Waals surface area contributed by atoms with Crippen molar-refractivity contribution in [2.45, 2.75) is 58.9 Å². The lowest BCUT2D eigenvalue weighted by Crippen LogP contribution is -2.32. The second-order valence-corrected chi connectivity index (χ2v) is 5.35. The van der Waals surface area contributed by atoms with Crippen LogP contribution in [0.5, 0.6) is 0 Å². The predicted molar refractivity (Wildman–Crippen MR) is 71.8 cm³/mol. The first-order valence-electron chi connectivity index (χ1n) is 7.22. The third-order valence-corrected chi connectivity index (χ3v) is 3.78. The number of nitrogens with zero attached hydrogens (tertiary/aromatic N) is 1. The average Bonchev–Trinajstić information content (AvgIpc) is 2.75. The summed E-state index contributed by atoms with van der Waals surface area (Å²) in [6.07, 6.45) is 6.75. The number of unbranched alkanes of at least 4 members (excludes halogenated alkanes) is 1. The minimum absolute atomic E-state index is 0.802. The number of hydrogen-bond donors (Lipinski definition) is 1. The fourth-order valence-corrected chi connectivity index (χ4v) is 2.59. The van der Waals surface area contributed by atoms with E-state index in [4.69, 9.17) is 0 Å². The largest absolute Gasteiger partial charge is 0.316 e. The van der Waals surface area contributed by atoms with Gasteiger partial charge in [0, 0.05) is 12.6 Å². The van der Waals surface area contributed by atoms with Crippen molar-refractivity contribution < 1.29 is 0 Å². The lowest BCUT2D eigenvalue weighted by Gasteiger charge is -2.24. The van der Waals surface area contributed by atoms with E-state index in [2.05, 4.69) is 31.0 Å². The lowest BCUT2D eigenvalue weighted by molar-refractivity contribution is 0.233. The fraction of sp³-hybridized carbons (Fsp3) is 1.00. The summed E-state index contributed by atoms with van der Waals surface area (Å²) in [7, 11) is 0. The Hall–Kier alpha value is -0.0800. The molecule has 1 heterocycles. The monoisotopic (exact) mass is 226 g/mol. The Morgan fingerprint density at radius 1 is 1.31 bits per heavy atom. The van der Waals surface area contributed by atoms with Gasteiger partial charge in [-0.1, -0.05) is 26.7 Å². The SMILES string of the molecule is CCCCC(C)N1CCC(CNCCC)C1. The molecule has 1 aliphatic rings. The first-order chi connectivity index (χ1) is 7.77. The van der Waals surface area contributed by atoms with Crippen molar-refractivity contribution in [1.29, 1.82) is 0 Å². The Bertz CT molecular complexity index is 170. The molecule has 0 aromatic rings. The van der Waals surface area contributed by atoms with Crippen molar-refractivity contribution >= 4 is 0 Å². The molecule has 0 saturated carbocycles. The second-order valence-electron chi connectivity index (χ2n) is 5.35. The molecule has 1 N–H and O–H groups in total. The van der Waals surface area contributed by atoms with Crippen LogP contribution in [0.2, 0.25) is 0 Å². The highest BCUT2D eigenvalue weighted by Gasteiger charge is 2.24. The summed E-state index contributed by atoms with van der Waals surface area (Å²) in [6.45, 7) is 12.0. The second kappa shape index (κ2) is 8.08. The molecule has 16 heavy (non-hydrogen) atoms. The number of hydrogen-bond acceptors (Lipinski definition) is 2. The first kappa shape index (κ1) is 14.0. The van der Waals surface area contributed by atoms with Gasteiger partial charge in [-0.15, -0.1) is 0 Å². The molecule has 1 fully saturated rings. The minimum Gasteiger partial charge on any atom is -0.316 e. The van der Waals surface area contributed by atoms with E-state index in [1.165, 1.54) is 58.3 Å². The molecular weight excluding hydrogens is 196 g/mol. The maximum atomic E-state index is 3.55. The van der Waals surface area contributed by atoms with Gasteiger partial charge < -0.3 is 10.2 Å². The van der Waals surface area contributed by atoms with Crippen molar-refractivity contribution in [1.82, 2.24) is 10.2 Å². The fourth-order valence-electron chi connectivity index (χ4n) is 2.59. The summed E-state index contributed by atoms with van der Waals surface area (Å²) in [5, 5.41) is 3.55. The van der Waals surface area contributed by atoms with Gasteiger partial charge in [0.2, 0.25) is 0 Å². The Morgan fingerprint density at radius 3 is 2.81 bits per heavy atom. The van der Waals surface area contributed by atoms with Crippen LogP contribution in [0.15, 0.2) is 0 Å². The molecule has 0 radical (unpaired) electrons. The highest BCUT2D eigenvalue weighted by atomic mass is 15.2. The molecule has 0 aliphatic carbocycles. The van der Waals surface area contributed by atoms with Crippen molar-refractivity contribution in [3.8, 4) is 0 Å². The maximum absolute atomic E-state index is 3.55. The summed E-state index contributed by atoms with van der Waals surface area (Å²) in [6, 6.07) is 0.802. The molecule has 2 heteroatoms. The summed E-state index contributed by atoms with van der Waals surface area (Å²) in [4.78, 5) is 2.69. The summed E-state index contributed by atoms with van der Waals surface area (Å²) < 4.78 is 0. The zero-order valence-electron chi connectivity index (χ0n) is 11.5. The quantitative estimate of drug-likeness (QED) is 0.640. The van der Waals surface area contributed by atoms with Crippen LogP contribution in [0.3, 0.4) is 0 Å². The molecule has 1 aliphatic heterocycles. The minimum atomic E-state index is 0.802. The molecule has 0 spiro atoms. The number of likely N-dealkylation sites (tertiary alicyclic amines) is 1. The van der Waals surface area contributed by atoms with Crippen LogP contribution in [0.4, 0.5) is 0 Å². The van der Waals surface area contributed by atoms with E-state index >= 15 is 0 Å². The van der Waals surface area contributed by atoms with E-state index in [0.29, 0.717) is 0 Å². The molecule has 0 aromatic heterocycles. The molecule has 2 nitrogen and oxygen atoms in total. The first-order valence-corrected chi connectivity index (χ1v) is 7.22. The average molecular weight is 226 g/mol. The van der Waals surface area contributed by atoms with Crippen LogP contribution in [0.25, 0.3) is 0 Å². The highest BCUT2D eigenvalue weighted by molar-refractivity contribution is 4.80. The topological polar surface area (TPSA) is 15.3 Å². The van der Waals surface area contributed by atoms with Crippen LogP contribution < -0.4 is 5.32 Å². The summed E-state index contributed by atoms with van der Waals surface area (Å²) in [5.74, 6) is 0.899. The molecule has 1 rings (SSSR count). The zero-order chi connectivity index (χ0) is 11.8. The van der Waals surface area contributed by atoms with Crippen LogP contribution >= 0.6 is 0 Å². The Kier molecular flexibility index (Phi) is 7.06. The van der Waals surface area contributed by atoms with Gasteiger partial charge in [0.25, 0.3) is 0 Å². The maximum Gasteiger partial charge on any atom is 0.00670 e. The van der Waals surface area contributed by atoms with Gasteiger partial charge in [-0.25, -0.2) is 0 Å². The van der Waals surface area contributed by atoms with Gasteiger partial charge in [0.15, 0.2) is 0 Å². The van der Waals surface area contributed by atoms with Gasteiger partial charge in [0.1, 0.15) is 0 Å². The molecule has 0 aromatic carbocycles. The van der Waals surface area contributed by atoms with E-state index in [1.807, 2.05) is 0 Å². The van der Waals surface area contributed by atoms with Crippen LogP contribution in [0.1, 0.15) is 52.9 Å². The molecule has 1 saturated heterocycles. The lowest BCUT2D eigenvalue weighted by atomic mass is 10.1. The van der Waals surface area contributed by atoms with Crippen LogP contribution in [0, 0.1) is 5.92 Å². The van der Waals surface area contributed by atoms with Crippen LogP contribution in [-0.4, -0.2) is 37.1 Å². The molecule has 0 amide bonds. The van der Waals surface area contributed by atoms with Gasteiger partial charge >= 0.3 is 0 Å². The van der Waals surface area contributed by atoms with Crippen molar-refractivity contribution in [3.05, 3.63) is 0 Å². The van der Waals surface area contributed by atoms with Crippen molar-refractivity contribution in [2.24, 2.45) is 5.92 Å². The van der Waals surface area contributed by atoms with Gasteiger partial charge in [-0.2, -0.15) is 0 Å². The van der Waals surface area contributed by atoms with E-state index < -0.39 is 0 Å². The molecule has 0 bridgehead atoms. The predicted octanol–water partition coefficient (Wildman–Crippen LogP) is 2.89. The Balaban J connectivity index is 2.13.